The molecular formula is C13H11ClFN. The quantitative estimate of drug-likeness (QED) is 0.846. The third-order valence-electron chi connectivity index (χ3n) is 2.45. The van der Waals surface area contributed by atoms with Crippen LogP contribution in [0.25, 0.3) is 11.1 Å². The van der Waals surface area contributed by atoms with Crippen molar-refractivity contribution in [2.75, 3.05) is 0 Å². The molecule has 1 nitrogen and oxygen atoms in total. The van der Waals surface area contributed by atoms with E-state index in [1.807, 2.05) is 12.1 Å². The third kappa shape index (κ3) is 2.23. The zero-order valence-electron chi connectivity index (χ0n) is 8.58. The molecule has 0 unspecified atom stereocenters. The van der Waals surface area contributed by atoms with E-state index in [1.165, 1.54) is 12.1 Å². The summed E-state index contributed by atoms with van der Waals surface area (Å²) in [5.41, 5.74) is 8.28. The summed E-state index contributed by atoms with van der Waals surface area (Å²) in [6, 6.07) is 11.9. The van der Waals surface area contributed by atoms with Gasteiger partial charge in [0.25, 0.3) is 0 Å². The lowest BCUT2D eigenvalue weighted by molar-refractivity contribution is 0.627. The highest BCUT2D eigenvalue weighted by Crippen LogP contribution is 2.25. The van der Waals surface area contributed by atoms with Gasteiger partial charge in [-0.25, -0.2) is 4.39 Å². The maximum absolute atomic E-state index is 13.2. The van der Waals surface area contributed by atoms with Crippen molar-refractivity contribution in [2.24, 2.45) is 5.73 Å². The molecule has 0 aliphatic heterocycles. The van der Waals surface area contributed by atoms with Gasteiger partial charge in [-0.05, 0) is 41.0 Å². The second kappa shape index (κ2) is 4.64. The fourth-order valence-corrected chi connectivity index (χ4v) is 1.75. The Kier molecular flexibility index (Phi) is 3.22. The lowest BCUT2D eigenvalue weighted by Gasteiger charge is -2.08. The molecule has 0 saturated heterocycles. The van der Waals surface area contributed by atoms with Gasteiger partial charge in [-0.1, -0.05) is 29.8 Å². The van der Waals surface area contributed by atoms with Gasteiger partial charge >= 0.3 is 0 Å². The molecular weight excluding hydrogens is 225 g/mol. The largest absolute Gasteiger partial charge is 0.326 e. The van der Waals surface area contributed by atoms with Gasteiger partial charge in [0, 0.05) is 11.6 Å². The van der Waals surface area contributed by atoms with E-state index >= 15 is 0 Å². The summed E-state index contributed by atoms with van der Waals surface area (Å²) in [5, 5.41) is 0.662. The van der Waals surface area contributed by atoms with Gasteiger partial charge in [-0.3, -0.25) is 0 Å². The molecule has 2 aromatic carbocycles. The summed E-state index contributed by atoms with van der Waals surface area (Å²) in [4.78, 5) is 0. The highest BCUT2D eigenvalue weighted by molar-refractivity contribution is 6.30. The monoisotopic (exact) mass is 235 g/mol. The van der Waals surface area contributed by atoms with Crippen LogP contribution < -0.4 is 5.73 Å². The molecule has 16 heavy (non-hydrogen) atoms. The SMILES string of the molecule is NCc1ccc(F)cc1-c1ccc(Cl)cc1. The van der Waals surface area contributed by atoms with Crippen molar-refractivity contribution in [1.82, 2.24) is 0 Å². The maximum Gasteiger partial charge on any atom is 0.123 e. The number of halogens is 2. The summed E-state index contributed by atoms with van der Waals surface area (Å²) in [7, 11) is 0. The topological polar surface area (TPSA) is 26.0 Å². The van der Waals surface area contributed by atoms with Crippen LogP contribution in [-0.2, 0) is 6.54 Å². The molecule has 0 fully saturated rings. The molecule has 2 aromatic rings. The highest BCUT2D eigenvalue weighted by atomic mass is 35.5. The number of hydrogen-bond donors (Lipinski definition) is 1. The lowest BCUT2D eigenvalue weighted by atomic mass is 10.00. The van der Waals surface area contributed by atoms with Crippen molar-refractivity contribution < 1.29 is 4.39 Å². The summed E-state index contributed by atoms with van der Waals surface area (Å²) in [5.74, 6) is -0.262. The predicted molar refractivity (Wildman–Crippen MR) is 64.7 cm³/mol. The molecule has 82 valence electrons. The summed E-state index contributed by atoms with van der Waals surface area (Å²) >= 11 is 5.81. The molecule has 0 atom stereocenters. The number of rotatable bonds is 2. The van der Waals surface area contributed by atoms with E-state index in [4.69, 9.17) is 17.3 Å². The van der Waals surface area contributed by atoms with Crippen LogP contribution in [0.1, 0.15) is 5.56 Å². The van der Waals surface area contributed by atoms with Crippen molar-refractivity contribution in [3.05, 3.63) is 58.9 Å². The Morgan fingerprint density at radius 2 is 1.75 bits per heavy atom. The first-order valence-corrected chi connectivity index (χ1v) is 5.33. The van der Waals surface area contributed by atoms with Crippen molar-refractivity contribution in [1.29, 1.82) is 0 Å². The van der Waals surface area contributed by atoms with E-state index < -0.39 is 0 Å². The molecule has 0 aliphatic carbocycles. The molecule has 0 bridgehead atoms. The highest BCUT2D eigenvalue weighted by Gasteiger charge is 2.05. The van der Waals surface area contributed by atoms with Crippen LogP contribution in [0.2, 0.25) is 5.02 Å². The van der Waals surface area contributed by atoms with E-state index in [2.05, 4.69) is 0 Å². The Bertz CT molecular complexity index is 494. The van der Waals surface area contributed by atoms with Gasteiger partial charge in [0.1, 0.15) is 5.82 Å². The van der Waals surface area contributed by atoms with Gasteiger partial charge in [-0.15, -0.1) is 0 Å². The van der Waals surface area contributed by atoms with E-state index in [1.54, 1.807) is 18.2 Å². The summed E-state index contributed by atoms with van der Waals surface area (Å²) in [6.07, 6.45) is 0. The van der Waals surface area contributed by atoms with Crippen molar-refractivity contribution in [2.45, 2.75) is 6.54 Å². The fraction of sp³-hybridized carbons (Fsp3) is 0.0769. The first kappa shape index (κ1) is 11.1. The molecule has 0 heterocycles. The first-order valence-electron chi connectivity index (χ1n) is 4.95. The molecule has 0 radical (unpaired) electrons. The van der Waals surface area contributed by atoms with Crippen LogP contribution in [0, 0.1) is 5.82 Å². The Morgan fingerprint density at radius 3 is 2.38 bits per heavy atom. The standard InChI is InChI=1S/C13H11ClFN/c14-11-4-1-9(2-5-11)13-7-12(15)6-3-10(13)8-16/h1-7H,8,16H2. The minimum Gasteiger partial charge on any atom is -0.326 e. The molecule has 0 aliphatic rings. The normalized spacial score (nSPS) is 10.4. The maximum atomic E-state index is 13.2. The smallest absolute Gasteiger partial charge is 0.123 e. The molecule has 0 saturated carbocycles. The number of hydrogen-bond acceptors (Lipinski definition) is 1. The molecule has 0 amide bonds. The molecule has 2 rings (SSSR count). The lowest BCUT2D eigenvalue weighted by Crippen LogP contribution is -1.99. The zero-order chi connectivity index (χ0) is 11.5. The first-order chi connectivity index (χ1) is 7.70. The van der Waals surface area contributed by atoms with Crippen molar-refractivity contribution >= 4 is 11.6 Å². The molecule has 0 spiro atoms. The van der Waals surface area contributed by atoms with Gasteiger partial charge in [0.2, 0.25) is 0 Å². The van der Waals surface area contributed by atoms with Crippen LogP contribution in [0.5, 0.6) is 0 Å². The Morgan fingerprint density at radius 1 is 1.06 bits per heavy atom. The predicted octanol–water partition coefficient (Wildman–Crippen LogP) is 3.60. The van der Waals surface area contributed by atoms with Crippen molar-refractivity contribution in [3.63, 3.8) is 0 Å². The fourth-order valence-electron chi connectivity index (χ4n) is 1.62. The summed E-state index contributed by atoms with van der Waals surface area (Å²) in [6.45, 7) is 0.387. The Balaban J connectivity index is 2.53. The number of nitrogens with two attached hydrogens (primary N) is 1. The van der Waals surface area contributed by atoms with Crippen LogP contribution in [-0.4, -0.2) is 0 Å². The van der Waals surface area contributed by atoms with Crippen molar-refractivity contribution in [3.8, 4) is 11.1 Å². The average molecular weight is 236 g/mol. The molecule has 2 N–H and O–H groups in total. The Labute approximate surface area is 98.7 Å². The molecule has 0 aromatic heterocycles. The van der Waals surface area contributed by atoms with E-state index in [0.717, 1.165) is 16.7 Å². The summed E-state index contributed by atoms with van der Waals surface area (Å²) < 4.78 is 13.2. The second-order valence-corrected chi connectivity index (χ2v) is 3.95. The number of benzene rings is 2. The van der Waals surface area contributed by atoms with E-state index in [9.17, 15) is 4.39 Å². The van der Waals surface area contributed by atoms with E-state index in [0.29, 0.717) is 11.6 Å². The second-order valence-electron chi connectivity index (χ2n) is 3.51. The van der Waals surface area contributed by atoms with Crippen LogP contribution in [0.3, 0.4) is 0 Å². The minimum absolute atomic E-state index is 0.262. The van der Waals surface area contributed by atoms with E-state index in [-0.39, 0.29) is 5.82 Å². The van der Waals surface area contributed by atoms with Crippen LogP contribution >= 0.6 is 11.6 Å². The van der Waals surface area contributed by atoms with Gasteiger partial charge in [0.05, 0.1) is 0 Å². The van der Waals surface area contributed by atoms with Gasteiger partial charge < -0.3 is 5.73 Å². The molecule has 3 heteroatoms. The minimum atomic E-state index is -0.262. The van der Waals surface area contributed by atoms with Crippen LogP contribution in [0.15, 0.2) is 42.5 Å². The average Bonchev–Trinajstić information content (AvgIpc) is 2.30. The van der Waals surface area contributed by atoms with Gasteiger partial charge in [0.15, 0.2) is 0 Å². The zero-order valence-corrected chi connectivity index (χ0v) is 9.34. The third-order valence-corrected chi connectivity index (χ3v) is 2.70. The van der Waals surface area contributed by atoms with Crippen LogP contribution in [0.4, 0.5) is 4.39 Å². The van der Waals surface area contributed by atoms with Gasteiger partial charge in [-0.2, -0.15) is 0 Å². The Hall–Kier alpha value is -1.38.